The Bertz CT molecular complexity index is 688. The van der Waals surface area contributed by atoms with Gasteiger partial charge in [0.1, 0.15) is 5.75 Å². The molecule has 2 aromatic carbocycles. The Hall–Kier alpha value is -2.04. The minimum Gasteiger partial charge on any atom is -0.496 e. The molecular formula is C18H20ClNO3. The molecule has 23 heavy (non-hydrogen) atoms. The zero-order valence-electron chi connectivity index (χ0n) is 13.2. The maximum absolute atomic E-state index is 12.0. The molecule has 0 aromatic heterocycles. The van der Waals surface area contributed by atoms with E-state index in [1.165, 1.54) is 0 Å². The van der Waals surface area contributed by atoms with E-state index in [1.54, 1.807) is 31.4 Å². The van der Waals surface area contributed by atoms with Crippen molar-refractivity contribution in [1.29, 1.82) is 0 Å². The molecule has 0 fully saturated rings. The molecule has 0 heterocycles. The van der Waals surface area contributed by atoms with E-state index in [-0.39, 0.29) is 18.9 Å². The van der Waals surface area contributed by atoms with Gasteiger partial charge in [0.2, 0.25) is 5.91 Å². The molecule has 1 amide bonds. The number of ether oxygens (including phenoxy) is 1. The van der Waals surface area contributed by atoms with E-state index in [0.717, 1.165) is 16.9 Å². The molecule has 0 aliphatic rings. The zero-order chi connectivity index (χ0) is 16.8. The number of amides is 1. The molecule has 0 spiro atoms. The quantitative estimate of drug-likeness (QED) is 0.854. The van der Waals surface area contributed by atoms with Crippen molar-refractivity contribution in [3.05, 3.63) is 64.2 Å². The summed E-state index contributed by atoms with van der Waals surface area (Å²) in [5, 5.41) is 13.4. The predicted molar refractivity (Wildman–Crippen MR) is 90.9 cm³/mol. The number of hydrogen-bond acceptors (Lipinski definition) is 3. The van der Waals surface area contributed by atoms with E-state index in [9.17, 15) is 9.90 Å². The molecule has 2 aromatic rings. The van der Waals surface area contributed by atoms with Gasteiger partial charge in [0.25, 0.3) is 0 Å². The summed E-state index contributed by atoms with van der Waals surface area (Å²) in [6, 6.07) is 12.6. The van der Waals surface area contributed by atoms with Crippen molar-refractivity contribution in [2.75, 3.05) is 13.7 Å². The van der Waals surface area contributed by atoms with Crippen LogP contribution in [0.25, 0.3) is 0 Å². The van der Waals surface area contributed by atoms with Gasteiger partial charge in [-0.3, -0.25) is 4.79 Å². The first-order valence-corrected chi connectivity index (χ1v) is 7.71. The van der Waals surface area contributed by atoms with Crippen LogP contribution < -0.4 is 10.1 Å². The van der Waals surface area contributed by atoms with E-state index in [2.05, 4.69) is 5.32 Å². The van der Waals surface area contributed by atoms with Crippen LogP contribution in [0.4, 0.5) is 0 Å². The van der Waals surface area contributed by atoms with Gasteiger partial charge in [0.05, 0.1) is 19.6 Å². The van der Waals surface area contributed by atoms with Crippen molar-refractivity contribution in [2.45, 2.75) is 19.4 Å². The van der Waals surface area contributed by atoms with Gasteiger partial charge in [-0.05, 0) is 41.8 Å². The Morgan fingerprint density at radius 1 is 1.30 bits per heavy atom. The van der Waals surface area contributed by atoms with Crippen LogP contribution >= 0.6 is 11.6 Å². The summed E-state index contributed by atoms with van der Waals surface area (Å²) >= 11 is 5.89. The van der Waals surface area contributed by atoms with Gasteiger partial charge in [-0.25, -0.2) is 0 Å². The number of hydrogen-bond donors (Lipinski definition) is 2. The summed E-state index contributed by atoms with van der Waals surface area (Å²) in [4.78, 5) is 12.0. The predicted octanol–water partition coefficient (Wildman–Crippen LogP) is 3.05. The fraction of sp³-hybridized carbons (Fsp3) is 0.278. The lowest BCUT2D eigenvalue weighted by Crippen LogP contribution is -2.29. The topological polar surface area (TPSA) is 58.6 Å². The molecule has 0 unspecified atom stereocenters. The molecule has 4 nitrogen and oxygen atoms in total. The third-order valence-electron chi connectivity index (χ3n) is 3.56. The SMILES string of the molecule is COc1cc(CC(=O)NC[C@H](O)c2cccc(Cl)c2)ccc1C. The average Bonchev–Trinajstić information content (AvgIpc) is 2.54. The van der Waals surface area contributed by atoms with E-state index in [1.807, 2.05) is 25.1 Å². The summed E-state index contributed by atoms with van der Waals surface area (Å²) in [7, 11) is 1.60. The molecule has 2 N–H and O–H groups in total. The lowest BCUT2D eigenvalue weighted by molar-refractivity contribution is -0.120. The van der Waals surface area contributed by atoms with Crippen LogP contribution in [0.2, 0.25) is 5.02 Å². The minimum atomic E-state index is -0.787. The van der Waals surface area contributed by atoms with Crippen molar-refractivity contribution in [3.63, 3.8) is 0 Å². The smallest absolute Gasteiger partial charge is 0.224 e. The molecule has 0 aliphatic heterocycles. The highest BCUT2D eigenvalue weighted by Crippen LogP contribution is 2.19. The second-order valence-corrected chi connectivity index (χ2v) is 5.79. The lowest BCUT2D eigenvalue weighted by Gasteiger charge is -2.13. The van der Waals surface area contributed by atoms with Gasteiger partial charge < -0.3 is 15.2 Å². The van der Waals surface area contributed by atoms with E-state index >= 15 is 0 Å². The van der Waals surface area contributed by atoms with Crippen LogP contribution in [0, 0.1) is 6.92 Å². The molecule has 0 radical (unpaired) electrons. The molecule has 2 rings (SSSR count). The molecule has 0 bridgehead atoms. The molecule has 0 saturated heterocycles. The van der Waals surface area contributed by atoms with Gasteiger partial charge in [-0.15, -0.1) is 0 Å². The van der Waals surface area contributed by atoms with Crippen molar-refractivity contribution in [1.82, 2.24) is 5.32 Å². The Kier molecular flexibility index (Phi) is 6.02. The largest absolute Gasteiger partial charge is 0.496 e. The number of aryl methyl sites for hydroxylation is 1. The summed E-state index contributed by atoms with van der Waals surface area (Å²) in [5.74, 6) is 0.603. The first kappa shape index (κ1) is 17.3. The maximum atomic E-state index is 12.0. The summed E-state index contributed by atoms with van der Waals surface area (Å²) in [6.07, 6.45) is -0.552. The number of aliphatic hydroxyl groups is 1. The van der Waals surface area contributed by atoms with E-state index in [4.69, 9.17) is 16.3 Å². The first-order chi connectivity index (χ1) is 11.0. The second kappa shape index (κ2) is 7.99. The number of carbonyl (C=O) groups is 1. The highest BCUT2D eigenvalue weighted by Gasteiger charge is 2.11. The standard InChI is InChI=1S/C18H20ClNO3/c1-12-6-7-13(8-17(12)23-2)9-18(22)20-11-16(21)14-4-3-5-15(19)10-14/h3-8,10,16,21H,9,11H2,1-2H3,(H,20,22)/t16-/m0/s1. The molecular weight excluding hydrogens is 314 g/mol. The van der Waals surface area contributed by atoms with Crippen molar-refractivity contribution in [3.8, 4) is 5.75 Å². The average molecular weight is 334 g/mol. The van der Waals surface area contributed by atoms with Crippen LogP contribution in [-0.2, 0) is 11.2 Å². The van der Waals surface area contributed by atoms with Crippen LogP contribution in [0.5, 0.6) is 5.75 Å². The lowest BCUT2D eigenvalue weighted by atomic mass is 10.1. The third-order valence-corrected chi connectivity index (χ3v) is 3.80. The third kappa shape index (κ3) is 4.98. The van der Waals surface area contributed by atoms with Gasteiger partial charge in [-0.1, -0.05) is 35.9 Å². The Labute approximate surface area is 141 Å². The Morgan fingerprint density at radius 2 is 2.09 bits per heavy atom. The van der Waals surface area contributed by atoms with Gasteiger partial charge in [0.15, 0.2) is 0 Å². The van der Waals surface area contributed by atoms with Crippen LogP contribution in [-0.4, -0.2) is 24.7 Å². The van der Waals surface area contributed by atoms with Crippen LogP contribution in [0.3, 0.4) is 0 Å². The summed E-state index contributed by atoms with van der Waals surface area (Å²) in [6.45, 7) is 2.09. The molecule has 0 aliphatic carbocycles. The van der Waals surface area contributed by atoms with E-state index < -0.39 is 6.10 Å². The number of halogens is 1. The minimum absolute atomic E-state index is 0.141. The fourth-order valence-electron chi connectivity index (χ4n) is 2.26. The molecule has 5 heteroatoms. The number of methoxy groups -OCH3 is 1. The summed E-state index contributed by atoms with van der Waals surface area (Å²) in [5.41, 5.74) is 2.56. The Morgan fingerprint density at radius 3 is 2.78 bits per heavy atom. The highest BCUT2D eigenvalue weighted by molar-refractivity contribution is 6.30. The van der Waals surface area contributed by atoms with Crippen LogP contribution in [0.1, 0.15) is 22.8 Å². The molecule has 0 saturated carbocycles. The number of benzene rings is 2. The van der Waals surface area contributed by atoms with Gasteiger partial charge in [0, 0.05) is 11.6 Å². The number of rotatable bonds is 6. The van der Waals surface area contributed by atoms with E-state index in [0.29, 0.717) is 10.6 Å². The van der Waals surface area contributed by atoms with Crippen molar-refractivity contribution < 1.29 is 14.6 Å². The zero-order valence-corrected chi connectivity index (χ0v) is 13.9. The fourth-order valence-corrected chi connectivity index (χ4v) is 2.46. The Balaban J connectivity index is 1.90. The monoisotopic (exact) mass is 333 g/mol. The van der Waals surface area contributed by atoms with Gasteiger partial charge >= 0.3 is 0 Å². The second-order valence-electron chi connectivity index (χ2n) is 5.36. The maximum Gasteiger partial charge on any atom is 0.224 e. The number of carbonyl (C=O) groups excluding carboxylic acids is 1. The molecule has 122 valence electrons. The first-order valence-electron chi connectivity index (χ1n) is 7.33. The normalized spacial score (nSPS) is 11.8. The van der Waals surface area contributed by atoms with Crippen molar-refractivity contribution >= 4 is 17.5 Å². The highest BCUT2D eigenvalue weighted by atomic mass is 35.5. The summed E-state index contributed by atoms with van der Waals surface area (Å²) < 4.78 is 5.25. The van der Waals surface area contributed by atoms with Gasteiger partial charge in [-0.2, -0.15) is 0 Å². The number of aliphatic hydroxyl groups excluding tert-OH is 1. The van der Waals surface area contributed by atoms with Crippen LogP contribution in [0.15, 0.2) is 42.5 Å². The molecule has 1 atom stereocenters. The number of nitrogens with one attached hydrogen (secondary N) is 1. The van der Waals surface area contributed by atoms with Crippen molar-refractivity contribution in [2.24, 2.45) is 0 Å².